The smallest absolute Gasteiger partial charge is 0.0806 e. The largest absolute Gasteiger partial charge is 0.371 e. The average Bonchev–Trinajstić information content (AvgIpc) is 2.29. The SMILES string of the molecule is CC(C)O[C@H](C)c1ccc(Br)c2ccccc12. The minimum absolute atomic E-state index is 0.119. The Morgan fingerprint density at radius 1 is 0.941 bits per heavy atom. The molecule has 2 aromatic rings. The average molecular weight is 293 g/mol. The van der Waals surface area contributed by atoms with Gasteiger partial charge in [-0.15, -0.1) is 0 Å². The van der Waals surface area contributed by atoms with E-state index in [0.29, 0.717) is 0 Å². The zero-order valence-corrected chi connectivity index (χ0v) is 12.0. The lowest BCUT2D eigenvalue weighted by molar-refractivity contribution is 0.0187. The summed E-state index contributed by atoms with van der Waals surface area (Å²) >= 11 is 3.59. The third-order valence-electron chi connectivity index (χ3n) is 2.82. The molecule has 0 aliphatic carbocycles. The van der Waals surface area contributed by atoms with Gasteiger partial charge in [-0.1, -0.05) is 46.3 Å². The number of hydrogen-bond donors (Lipinski definition) is 0. The van der Waals surface area contributed by atoms with Crippen LogP contribution in [0.4, 0.5) is 0 Å². The van der Waals surface area contributed by atoms with E-state index in [1.807, 2.05) is 0 Å². The third-order valence-corrected chi connectivity index (χ3v) is 3.51. The first-order valence-corrected chi connectivity index (χ1v) is 6.71. The molecule has 0 fully saturated rings. The molecule has 0 radical (unpaired) electrons. The fourth-order valence-corrected chi connectivity index (χ4v) is 2.60. The van der Waals surface area contributed by atoms with Crippen LogP contribution >= 0.6 is 15.9 Å². The monoisotopic (exact) mass is 292 g/mol. The Kier molecular flexibility index (Phi) is 3.85. The molecule has 0 aromatic heterocycles. The zero-order chi connectivity index (χ0) is 12.4. The predicted octanol–water partition coefficient (Wildman–Crippen LogP) is 5.09. The van der Waals surface area contributed by atoms with Gasteiger partial charge in [-0.05, 0) is 43.2 Å². The lowest BCUT2D eigenvalue weighted by Crippen LogP contribution is -2.07. The summed E-state index contributed by atoms with van der Waals surface area (Å²) in [5.41, 5.74) is 1.25. The summed E-state index contributed by atoms with van der Waals surface area (Å²) in [7, 11) is 0. The molecule has 0 bridgehead atoms. The van der Waals surface area contributed by atoms with Crippen LogP contribution in [-0.4, -0.2) is 6.10 Å². The van der Waals surface area contributed by atoms with E-state index >= 15 is 0 Å². The van der Waals surface area contributed by atoms with Gasteiger partial charge in [0, 0.05) is 4.47 Å². The van der Waals surface area contributed by atoms with E-state index in [4.69, 9.17) is 4.74 Å². The van der Waals surface area contributed by atoms with E-state index < -0.39 is 0 Å². The molecule has 90 valence electrons. The van der Waals surface area contributed by atoms with Crippen molar-refractivity contribution in [1.82, 2.24) is 0 Å². The highest BCUT2D eigenvalue weighted by molar-refractivity contribution is 9.10. The number of ether oxygens (including phenoxy) is 1. The first-order valence-electron chi connectivity index (χ1n) is 5.92. The van der Waals surface area contributed by atoms with Gasteiger partial charge in [-0.2, -0.15) is 0 Å². The van der Waals surface area contributed by atoms with Crippen molar-refractivity contribution in [3.63, 3.8) is 0 Å². The molecule has 2 rings (SSSR count). The lowest BCUT2D eigenvalue weighted by atomic mass is 10.0. The van der Waals surface area contributed by atoms with Crippen molar-refractivity contribution < 1.29 is 4.74 Å². The van der Waals surface area contributed by atoms with Gasteiger partial charge < -0.3 is 4.74 Å². The summed E-state index contributed by atoms with van der Waals surface area (Å²) in [6, 6.07) is 12.6. The van der Waals surface area contributed by atoms with Crippen LogP contribution in [0.1, 0.15) is 32.4 Å². The highest BCUT2D eigenvalue weighted by Gasteiger charge is 2.12. The molecular formula is C15H17BrO. The van der Waals surface area contributed by atoms with Crippen LogP contribution < -0.4 is 0 Å². The number of benzene rings is 2. The van der Waals surface area contributed by atoms with Crippen LogP contribution in [0.3, 0.4) is 0 Å². The molecule has 1 nitrogen and oxygen atoms in total. The third kappa shape index (κ3) is 2.70. The van der Waals surface area contributed by atoms with E-state index in [0.717, 1.165) is 4.47 Å². The Hall–Kier alpha value is -0.860. The Morgan fingerprint density at radius 2 is 1.59 bits per heavy atom. The van der Waals surface area contributed by atoms with Crippen molar-refractivity contribution in [3.8, 4) is 0 Å². The highest BCUT2D eigenvalue weighted by Crippen LogP contribution is 2.31. The summed E-state index contributed by atoms with van der Waals surface area (Å²) in [6.45, 7) is 6.24. The van der Waals surface area contributed by atoms with Gasteiger partial charge in [0.1, 0.15) is 0 Å². The minimum atomic E-state index is 0.119. The molecule has 0 saturated carbocycles. The summed E-state index contributed by atoms with van der Waals surface area (Å²) < 4.78 is 7.00. The maximum Gasteiger partial charge on any atom is 0.0806 e. The molecule has 0 saturated heterocycles. The van der Waals surface area contributed by atoms with Crippen molar-refractivity contribution >= 4 is 26.7 Å². The van der Waals surface area contributed by atoms with Crippen LogP contribution in [0.5, 0.6) is 0 Å². The molecule has 0 spiro atoms. The molecule has 0 N–H and O–H groups in total. The van der Waals surface area contributed by atoms with E-state index in [1.54, 1.807) is 0 Å². The van der Waals surface area contributed by atoms with Crippen molar-refractivity contribution in [3.05, 3.63) is 46.4 Å². The van der Waals surface area contributed by atoms with Crippen molar-refractivity contribution in [2.45, 2.75) is 33.0 Å². The van der Waals surface area contributed by atoms with Gasteiger partial charge in [0.2, 0.25) is 0 Å². The second-order valence-electron chi connectivity index (χ2n) is 4.51. The van der Waals surface area contributed by atoms with Crippen LogP contribution in [0.25, 0.3) is 10.8 Å². The van der Waals surface area contributed by atoms with Crippen LogP contribution in [0, 0.1) is 0 Å². The van der Waals surface area contributed by atoms with Gasteiger partial charge in [0.15, 0.2) is 0 Å². The van der Waals surface area contributed by atoms with Gasteiger partial charge in [0.25, 0.3) is 0 Å². The lowest BCUT2D eigenvalue weighted by Gasteiger charge is -2.18. The molecule has 0 unspecified atom stereocenters. The normalized spacial score (nSPS) is 13.2. The van der Waals surface area contributed by atoms with Gasteiger partial charge in [-0.3, -0.25) is 0 Å². The van der Waals surface area contributed by atoms with E-state index in [2.05, 4.69) is 73.1 Å². The quantitative estimate of drug-likeness (QED) is 0.766. The highest BCUT2D eigenvalue weighted by atomic mass is 79.9. The van der Waals surface area contributed by atoms with Crippen molar-refractivity contribution in [2.75, 3.05) is 0 Å². The van der Waals surface area contributed by atoms with Crippen molar-refractivity contribution in [2.24, 2.45) is 0 Å². The molecule has 2 aromatic carbocycles. The summed E-state index contributed by atoms with van der Waals surface area (Å²) in [5.74, 6) is 0. The molecule has 1 atom stereocenters. The first kappa shape index (κ1) is 12.6. The van der Waals surface area contributed by atoms with Gasteiger partial charge >= 0.3 is 0 Å². The van der Waals surface area contributed by atoms with Crippen molar-refractivity contribution in [1.29, 1.82) is 0 Å². The molecule has 0 heterocycles. The fraction of sp³-hybridized carbons (Fsp3) is 0.333. The standard InChI is InChI=1S/C15H17BrO/c1-10(2)17-11(3)12-8-9-15(16)14-7-5-4-6-13(12)14/h4-11H,1-3H3/t11-/m1/s1. The predicted molar refractivity (Wildman–Crippen MR) is 76.3 cm³/mol. The maximum absolute atomic E-state index is 5.87. The van der Waals surface area contributed by atoms with E-state index in [1.165, 1.54) is 16.3 Å². The summed E-state index contributed by atoms with van der Waals surface area (Å²) in [4.78, 5) is 0. The van der Waals surface area contributed by atoms with E-state index in [-0.39, 0.29) is 12.2 Å². The number of fused-ring (bicyclic) bond motifs is 1. The van der Waals surface area contributed by atoms with Gasteiger partial charge in [-0.25, -0.2) is 0 Å². The van der Waals surface area contributed by atoms with Crippen LogP contribution in [-0.2, 0) is 4.74 Å². The Balaban J connectivity index is 2.51. The van der Waals surface area contributed by atoms with Crippen LogP contribution in [0.15, 0.2) is 40.9 Å². The summed E-state index contributed by atoms with van der Waals surface area (Å²) in [5, 5.41) is 2.50. The van der Waals surface area contributed by atoms with Gasteiger partial charge in [0.05, 0.1) is 12.2 Å². The molecule has 0 amide bonds. The van der Waals surface area contributed by atoms with Crippen LogP contribution in [0.2, 0.25) is 0 Å². The summed E-state index contributed by atoms with van der Waals surface area (Å²) in [6.07, 6.45) is 0.361. The second-order valence-corrected chi connectivity index (χ2v) is 5.36. The molecule has 2 heteroatoms. The topological polar surface area (TPSA) is 9.23 Å². The molecule has 0 aliphatic heterocycles. The Morgan fingerprint density at radius 3 is 2.24 bits per heavy atom. The molecule has 17 heavy (non-hydrogen) atoms. The Labute approximate surface area is 111 Å². The maximum atomic E-state index is 5.87. The zero-order valence-electron chi connectivity index (χ0n) is 10.4. The second kappa shape index (κ2) is 5.19. The molecular weight excluding hydrogens is 276 g/mol. The van der Waals surface area contributed by atoms with E-state index in [9.17, 15) is 0 Å². The number of hydrogen-bond acceptors (Lipinski definition) is 1. The Bertz CT molecular complexity index is 519. The minimum Gasteiger partial charge on any atom is -0.371 e. The molecule has 0 aliphatic rings. The number of halogens is 1. The first-order chi connectivity index (χ1) is 8.09. The fourth-order valence-electron chi connectivity index (χ4n) is 2.12. The number of rotatable bonds is 3.